The second-order valence-corrected chi connectivity index (χ2v) is 19.0. The van der Waals surface area contributed by atoms with Gasteiger partial charge in [-0.2, -0.15) is 0 Å². The van der Waals surface area contributed by atoms with Gasteiger partial charge in [-0.25, -0.2) is 0 Å². The summed E-state index contributed by atoms with van der Waals surface area (Å²) in [5.74, 6) is 0. The zero-order valence-corrected chi connectivity index (χ0v) is 36.2. The van der Waals surface area contributed by atoms with E-state index >= 15 is 0 Å². The van der Waals surface area contributed by atoms with Gasteiger partial charge in [0.05, 0.1) is 20.3 Å². The van der Waals surface area contributed by atoms with Gasteiger partial charge in [0.15, 0.2) is 8.37 Å². The zero-order valence-electron chi connectivity index (χ0n) is 34.3. The van der Waals surface area contributed by atoms with Crippen LogP contribution in [0.2, 0.25) is 0 Å². The van der Waals surface area contributed by atoms with Gasteiger partial charge in [0.25, 0.3) is 0 Å². The van der Waals surface area contributed by atoms with Crippen LogP contribution in [0.15, 0.2) is 89.8 Å². The first-order chi connectivity index (χ1) is 26.2. The molecule has 1 heterocycles. The molecule has 0 saturated carbocycles. The van der Waals surface area contributed by atoms with Crippen LogP contribution in [-0.4, -0.2) is 0 Å². The number of hydrogen-bond donors (Lipinski definition) is 0. The molecular weight excluding hydrogens is 709 g/mol. The molecule has 0 atom stereocenters. The standard InChI is InChI=1S/C48H51N5P2/c1-27-19-31(5)43(32(6)20-27)39-15-13-16-40(44-33(7)21-28(2)22-34(44)8)47(39)52-54-53(55(52)51-50-49)48-41(45-35(9)23-29(3)24-36(45)10)17-14-18-42(48)46-37(11)25-30(4)26-38(46)12/h13-26,54H,1-12H3. The molecule has 0 unspecified atom stereocenters. The summed E-state index contributed by atoms with van der Waals surface area (Å²) in [7, 11) is -1.31. The molecule has 1 aliphatic heterocycles. The van der Waals surface area contributed by atoms with Gasteiger partial charge in [0, 0.05) is 27.2 Å². The lowest BCUT2D eigenvalue weighted by atomic mass is 9.87. The van der Waals surface area contributed by atoms with Gasteiger partial charge < -0.3 is 0 Å². The molecule has 5 nitrogen and oxygen atoms in total. The quantitative estimate of drug-likeness (QED) is 0.0704. The van der Waals surface area contributed by atoms with Crippen LogP contribution >= 0.6 is 17.3 Å². The third-order valence-corrected chi connectivity index (χ3v) is 14.7. The predicted molar refractivity (Wildman–Crippen MR) is 241 cm³/mol. The number of anilines is 2. The monoisotopic (exact) mass is 759 g/mol. The molecular formula is C48H51N5P2. The fraction of sp³-hybridized carbons (Fsp3) is 0.250. The Hall–Kier alpha value is -4.91. The van der Waals surface area contributed by atoms with Crippen LogP contribution in [0.4, 0.5) is 11.4 Å². The van der Waals surface area contributed by atoms with Crippen molar-refractivity contribution in [3.05, 3.63) is 162 Å². The van der Waals surface area contributed by atoms with Crippen LogP contribution in [0.3, 0.4) is 0 Å². The lowest BCUT2D eigenvalue weighted by Crippen LogP contribution is -2.31. The van der Waals surface area contributed by atoms with E-state index in [-0.39, 0.29) is 8.88 Å². The molecule has 1 aliphatic rings. The summed E-state index contributed by atoms with van der Waals surface area (Å²) in [5.41, 5.74) is 37.2. The Bertz CT molecular complexity index is 2170. The molecule has 1 saturated heterocycles. The summed E-state index contributed by atoms with van der Waals surface area (Å²) in [6.07, 6.45) is 0. The van der Waals surface area contributed by atoms with Gasteiger partial charge in [-0.05, 0) is 160 Å². The summed E-state index contributed by atoms with van der Waals surface area (Å²) in [6, 6.07) is 31.7. The van der Waals surface area contributed by atoms with Crippen LogP contribution in [0.25, 0.3) is 55.0 Å². The summed E-state index contributed by atoms with van der Waals surface area (Å²) in [5, 5.41) is 0. The molecule has 7 rings (SSSR count). The minimum Gasteiger partial charge on any atom is -0.290 e. The zero-order chi connectivity index (χ0) is 39.5. The lowest BCUT2D eigenvalue weighted by Gasteiger charge is -2.51. The predicted octanol–water partition coefficient (Wildman–Crippen LogP) is 15.4. The molecule has 6 aromatic rings. The highest BCUT2D eigenvalue weighted by atomic mass is 31.2. The Morgan fingerprint density at radius 3 is 0.891 bits per heavy atom. The maximum Gasteiger partial charge on any atom is 0.199 e. The van der Waals surface area contributed by atoms with Crippen molar-refractivity contribution in [3.8, 4) is 44.5 Å². The summed E-state index contributed by atoms with van der Waals surface area (Å²) >= 11 is 0. The van der Waals surface area contributed by atoms with Crippen LogP contribution in [0.1, 0.15) is 66.8 Å². The smallest absolute Gasteiger partial charge is 0.199 e. The van der Waals surface area contributed by atoms with Gasteiger partial charge >= 0.3 is 0 Å². The molecule has 1 fully saturated rings. The van der Waals surface area contributed by atoms with Gasteiger partial charge in [-0.15, -0.1) is 0 Å². The molecule has 278 valence electrons. The minimum absolute atomic E-state index is 0.209. The summed E-state index contributed by atoms with van der Waals surface area (Å²) < 4.78 is 4.84. The average molecular weight is 760 g/mol. The normalized spacial score (nSPS) is 14.3. The van der Waals surface area contributed by atoms with Crippen molar-refractivity contribution in [2.75, 3.05) is 8.88 Å². The van der Waals surface area contributed by atoms with Gasteiger partial charge in [0.1, 0.15) is 0 Å². The van der Waals surface area contributed by atoms with E-state index in [2.05, 4.69) is 182 Å². The van der Waals surface area contributed by atoms with E-state index in [0.29, 0.717) is 0 Å². The fourth-order valence-electron chi connectivity index (χ4n) is 9.39. The van der Waals surface area contributed by atoms with E-state index in [4.69, 9.17) is 4.88 Å². The molecule has 7 heteroatoms. The first kappa shape index (κ1) is 38.4. The molecule has 0 aliphatic carbocycles. The highest BCUT2D eigenvalue weighted by molar-refractivity contribution is 7.87. The van der Waals surface area contributed by atoms with Crippen molar-refractivity contribution in [1.82, 2.24) is 0 Å². The number of benzene rings is 6. The van der Waals surface area contributed by atoms with Crippen LogP contribution < -0.4 is 8.88 Å². The Balaban J connectivity index is 1.52. The molecule has 0 radical (unpaired) electrons. The first-order valence-corrected chi connectivity index (χ1v) is 21.1. The van der Waals surface area contributed by atoms with E-state index in [9.17, 15) is 5.53 Å². The fourth-order valence-corrected chi connectivity index (χ4v) is 12.8. The Morgan fingerprint density at radius 1 is 0.436 bits per heavy atom. The molecule has 55 heavy (non-hydrogen) atoms. The van der Waals surface area contributed by atoms with E-state index < -0.39 is 8.37 Å². The Morgan fingerprint density at radius 2 is 0.673 bits per heavy atom. The third kappa shape index (κ3) is 6.85. The van der Waals surface area contributed by atoms with Crippen molar-refractivity contribution < 1.29 is 0 Å². The van der Waals surface area contributed by atoms with E-state index in [0.717, 1.165) is 11.4 Å². The number of para-hydroxylation sites is 2. The van der Waals surface area contributed by atoms with E-state index in [1.807, 2.05) is 0 Å². The molecule has 0 aromatic heterocycles. The molecule has 6 aromatic carbocycles. The number of azide groups is 1. The van der Waals surface area contributed by atoms with Gasteiger partial charge in [0.2, 0.25) is 0 Å². The summed E-state index contributed by atoms with van der Waals surface area (Å²) in [6.45, 7) is 26.4. The highest BCUT2D eigenvalue weighted by Gasteiger charge is 2.43. The second-order valence-electron chi connectivity index (χ2n) is 15.7. The topological polar surface area (TPSA) is 55.2 Å². The molecule has 0 bridgehead atoms. The van der Waals surface area contributed by atoms with E-state index in [1.165, 1.54) is 111 Å². The molecule has 0 amide bonds. The second kappa shape index (κ2) is 15.0. The number of hydrogen-bond acceptors (Lipinski definition) is 3. The Kier molecular flexibility index (Phi) is 10.4. The van der Waals surface area contributed by atoms with Crippen LogP contribution in [0, 0.1) is 83.1 Å². The van der Waals surface area contributed by atoms with Crippen molar-refractivity contribution in [3.63, 3.8) is 0 Å². The molecule has 0 spiro atoms. The average Bonchev–Trinajstić information content (AvgIpc) is 3.07. The lowest BCUT2D eigenvalue weighted by molar-refractivity contribution is 1.29. The number of aryl methyl sites for hydroxylation is 12. The van der Waals surface area contributed by atoms with Crippen molar-refractivity contribution in [2.45, 2.75) is 83.1 Å². The Labute approximate surface area is 330 Å². The van der Waals surface area contributed by atoms with Crippen molar-refractivity contribution in [1.29, 1.82) is 0 Å². The number of nitrogens with zero attached hydrogens (tertiary/aromatic N) is 5. The molecule has 0 N–H and O–H groups in total. The maximum absolute atomic E-state index is 10.4. The van der Waals surface area contributed by atoms with Crippen LogP contribution in [0.5, 0.6) is 0 Å². The first-order valence-electron chi connectivity index (χ1n) is 19.0. The third-order valence-electron chi connectivity index (χ3n) is 10.9. The maximum atomic E-state index is 10.4. The van der Waals surface area contributed by atoms with Gasteiger partial charge in [-0.3, -0.25) is 8.88 Å². The highest BCUT2D eigenvalue weighted by Crippen LogP contribution is 2.74. The largest absolute Gasteiger partial charge is 0.290 e. The van der Waals surface area contributed by atoms with Crippen molar-refractivity contribution in [2.24, 2.45) is 4.88 Å². The minimum atomic E-state index is -1.52. The number of rotatable bonds is 7. The van der Waals surface area contributed by atoms with Crippen molar-refractivity contribution >= 4 is 28.6 Å². The van der Waals surface area contributed by atoms with E-state index in [1.54, 1.807) is 0 Å². The summed E-state index contributed by atoms with van der Waals surface area (Å²) in [4.78, 5) is 8.31. The van der Waals surface area contributed by atoms with Crippen LogP contribution in [-0.2, 0) is 0 Å². The SMILES string of the molecule is Cc1cc(C)c(-c2cccc(-c3c(C)cc(C)cc3C)c2N2PN(c3c(-c4c(C)cc(C)cc4C)cccc3-c3c(C)cc(C)cc3C)P2N=[N+]=[N-])c(C)c1. The van der Waals surface area contributed by atoms with Gasteiger partial charge in [-0.1, -0.05) is 107 Å².